The predicted octanol–water partition coefficient (Wildman–Crippen LogP) is 0.785. The summed E-state index contributed by atoms with van der Waals surface area (Å²) in [6.45, 7) is 2.22. The first-order valence-electron chi connectivity index (χ1n) is 7.29. The molecule has 0 fully saturated rings. The molecule has 1 aromatic carbocycles. The fraction of sp³-hybridized carbons (Fsp3) is 0.467. The van der Waals surface area contributed by atoms with Gasteiger partial charge in [0.2, 0.25) is 0 Å². The number of unbranched alkanes of at least 4 members (excludes halogenated alkanes) is 3. The Hall–Kier alpha value is -2.44. The van der Waals surface area contributed by atoms with Crippen molar-refractivity contribution in [3.63, 3.8) is 0 Å². The largest absolute Gasteiger partial charge is 0.548 e. The molecule has 1 aromatic rings. The number of hydrogen-bond acceptors (Lipinski definition) is 5. The van der Waals surface area contributed by atoms with Gasteiger partial charge in [0, 0.05) is 6.07 Å². The van der Waals surface area contributed by atoms with Crippen LogP contribution in [0.25, 0.3) is 0 Å². The van der Waals surface area contributed by atoms with Gasteiger partial charge in [0.1, 0.15) is 5.75 Å². The van der Waals surface area contributed by atoms with Gasteiger partial charge in [0.15, 0.2) is 0 Å². The highest BCUT2D eigenvalue weighted by atomic mass is 16.5. The molecule has 0 aromatic heterocycles. The number of carboxylic acid groups (broad SMARTS) is 1. The van der Waals surface area contributed by atoms with Crippen molar-refractivity contribution in [2.75, 3.05) is 18.2 Å². The summed E-state index contributed by atoms with van der Waals surface area (Å²) < 4.78 is 5.62. The second-order valence-electron chi connectivity index (χ2n) is 4.84. The van der Waals surface area contributed by atoms with E-state index in [0.717, 1.165) is 24.3 Å². The summed E-state index contributed by atoms with van der Waals surface area (Å²) in [4.78, 5) is 21.7. The second-order valence-corrected chi connectivity index (χ2v) is 4.84. The van der Waals surface area contributed by atoms with Gasteiger partial charge in [-0.25, -0.2) is 10.2 Å². The zero-order valence-corrected chi connectivity index (χ0v) is 12.7. The van der Waals surface area contributed by atoms with Crippen LogP contribution >= 0.6 is 0 Å². The number of primary amides is 1. The minimum Gasteiger partial charge on any atom is -0.548 e. The number of urea groups is 1. The van der Waals surface area contributed by atoms with Crippen molar-refractivity contribution < 1.29 is 19.4 Å². The normalized spacial score (nSPS) is 10.0. The number of anilines is 1. The standard InChI is InChI=1S/C15H23N3O4/c1-2-3-4-5-9-22-13-8-6-7-12(10-13)18(11-14(19)20)17-15(16)21/h6-8,10H,2-5,9,11H2,1H3,(H,19,20)(H3,16,17,21)/p-1. The zero-order valence-electron chi connectivity index (χ0n) is 12.7. The Morgan fingerprint density at radius 1 is 1.32 bits per heavy atom. The Kier molecular flexibility index (Phi) is 7.60. The third-order valence-electron chi connectivity index (χ3n) is 2.93. The van der Waals surface area contributed by atoms with Crippen LogP contribution in [0, 0.1) is 0 Å². The number of carbonyl (C=O) groups excluding carboxylic acids is 2. The monoisotopic (exact) mass is 308 g/mol. The van der Waals surface area contributed by atoms with Crippen LogP contribution in [0.3, 0.4) is 0 Å². The van der Waals surface area contributed by atoms with Crippen molar-refractivity contribution >= 4 is 17.7 Å². The van der Waals surface area contributed by atoms with Gasteiger partial charge in [-0.3, -0.25) is 5.01 Å². The van der Waals surface area contributed by atoms with E-state index in [1.165, 1.54) is 6.42 Å². The van der Waals surface area contributed by atoms with Gasteiger partial charge >= 0.3 is 6.03 Å². The molecule has 7 nitrogen and oxygen atoms in total. The molecule has 0 saturated carbocycles. The summed E-state index contributed by atoms with van der Waals surface area (Å²) in [6.07, 6.45) is 4.40. The van der Waals surface area contributed by atoms with Gasteiger partial charge in [0.25, 0.3) is 0 Å². The molecule has 122 valence electrons. The molecule has 7 heteroatoms. The van der Waals surface area contributed by atoms with E-state index in [0.29, 0.717) is 18.0 Å². The van der Waals surface area contributed by atoms with Crippen LogP contribution in [0.2, 0.25) is 0 Å². The van der Waals surface area contributed by atoms with E-state index in [-0.39, 0.29) is 0 Å². The predicted molar refractivity (Wildman–Crippen MR) is 81.2 cm³/mol. The van der Waals surface area contributed by atoms with Crippen LogP contribution in [-0.2, 0) is 4.79 Å². The number of aliphatic carboxylic acids is 1. The molecule has 0 aliphatic rings. The Bertz CT molecular complexity index is 477. The van der Waals surface area contributed by atoms with Gasteiger partial charge in [0.05, 0.1) is 24.8 Å². The summed E-state index contributed by atoms with van der Waals surface area (Å²) in [7, 11) is 0. The van der Waals surface area contributed by atoms with Gasteiger partial charge in [-0.1, -0.05) is 32.3 Å². The highest BCUT2D eigenvalue weighted by Gasteiger charge is 2.09. The number of nitrogens with one attached hydrogen (secondary N) is 1. The third kappa shape index (κ3) is 6.83. The maximum atomic E-state index is 10.9. The fourth-order valence-electron chi connectivity index (χ4n) is 1.92. The molecule has 1 rings (SSSR count). The Balaban J connectivity index is 2.66. The molecule has 0 atom stereocenters. The van der Waals surface area contributed by atoms with Crippen molar-refractivity contribution in [3.8, 4) is 5.75 Å². The van der Waals surface area contributed by atoms with Gasteiger partial charge in [-0.2, -0.15) is 0 Å². The summed E-state index contributed by atoms with van der Waals surface area (Å²) in [5, 5.41) is 11.8. The lowest BCUT2D eigenvalue weighted by molar-refractivity contribution is -0.303. The summed E-state index contributed by atoms with van der Waals surface area (Å²) in [6, 6.07) is 5.90. The number of nitrogens with zero attached hydrogens (tertiary/aromatic N) is 1. The van der Waals surface area contributed by atoms with Crippen LogP contribution in [0.4, 0.5) is 10.5 Å². The van der Waals surface area contributed by atoms with Crippen molar-refractivity contribution in [1.82, 2.24) is 5.43 Å². The highest BCUT2D eigenvalue weighted by Crippen LogP contribution is 2.20. The average Bonchev–Trinajstić information content (AvgIpc) is 2.46. The molecule has 0 bridgehead atoms. The number of nitrogens with two attached hydrogens (primary N) is 1. The Morgan fingerprint density at radius 2 is 2.09 bits per heavy atom. The van der Waals surface area contributed by atoms with E-state index >= 15 is 0 Å². The first kappa shape index (κ1) is 17.6. The number of hydrazine groups is 1. The molecule has 0 unspecified atom stereocenters. The quantitative estimate of drug-likeness (QED) is 0.490. The highest BCUT2D eigenvalue weighted by molar-refractivity contribution is 5.78. The van der Waals surface area contributed by atoms with Crippen LogP contribution in [0.1, 0.15) is 32.6 Å². The first-order valence-corrected chi connectivity index (χ1v) is 7.29. The minimum atomic E-state index is -1.33. The van der Waals surface area contributed by atoms with Crippen molar-refractivity contribution in [1.29, 1.82) is 0 Å². The van der Waals surface area contributed by atoms with Crippen molar-refractivity contribution in [3.05, 3.63) is 24.3 Å². The van der Waals surface area contributed by atoms with E-state index in [1.807, 2.05) is 0 Å². The third-order valence-corrected chi connectivity index (χ3v) is 2.93. The zero-order chi connectivity index (χ0) is 16.4. The number of hydrogen-bond donors (Lipinski definition) is 2. The number of carbonyl (C=O) groups is 2. The molecule has 0 saturated heterocycles. The Labute approximate surface area is 130 Å². The maximum absolute atomic E-state index is 10.9. The number of ether oxygens (including phenoxy) is 1. The molecule has 0 spiro atoms. The topological polar surface area (TPSA) is 108 Å². The SMILES string of the molecule is CCCCCCOc1cccc(N(CC(=O)[O-])NC(N)=O)c1. The van der Waals surface area contributed by atoms with Gasteiger partial charge in [-0.05, 0) is 18.6 Å². The molecular formula is C15H22N3O4-. The van der Waals surface area contributed by atoms with Crippen LogP contribution < -0.4 is 26.0 Å². The summed E-state index contributed by atoms with van der Waals surface area (Å²) >= 11 is 0. The van der Waals surface area contributed by atoms with Gasteiger partial charge < -0.3 is 20.4 Å². The fourth-order valence-corrected chi connectivity index (χ4v) is 1.92. The van der Waals surface area contributed by atoms with Gasteiger partial charge in [-0.15, -0.1) is 0 Å². The summed E-state index contributed by atoms with van der Waals surface area (Å²) in [5.74, 6) is -0.733. The van der Waals surface area contributed by atoms with E-state index in [2.05, 4.69) is 12.3 Å². The van der Waals surface area contributed by atoms with E-state index in [1.54, 1.807) is 24.3 Å². The second kappa shape index (κ2) is 9.49. The number of rotatable bonds is 10. The molecule has 0 radical (unpaired) electrons. The number of amides is 2. The molecule has 0 aliphatic carbocycles. The average molecular weight is 308 g/mol. The smallest absolute Gasteiger partial charge is 0.330 e. The maximum Gasteiger partial charge on any atom is 0.330 e. The van der Waals surface area contributed by atoms with E-state index < -0.39 is 18.5 Å². The van der Waals surface area contributed by atoms with Crippen molar-refractivity contribution in [2.45, 2.75) is 32.6 Å². The van der Waals surface area contributed by atoms with E-state index in [4.69, 9.17) is 10.5 Å². The lowest BCUT2D eigenvalue weighted by Crippen LogP contribution is -2.50. The van der Waals surface area contributed by atoms with Crippen LogP contribution in [0.15, 0.2) is 24.3 Å². The molecular weight excluding hydrogens is 286 g/mol. The first-order chi connectivity index (χ1) is 10.5. The molecule has 2 amide bonds. The molecule has 0 heterocycles. The van der Waals surface area contributed by atoms with Crippen LogP contribution in [0.5, 0.6) is 5.75 Å². The lowest BCUT2D eigenvalue weighted by Gasteiger charge is -2.25. The Morgan fingerprint density at radius 3 is 2.73 bits per heavy atom. The minimum absolute atomic E-state index is 0.453. The molecule has 3 N–H and O–H groups in total. The molecule has 22 heavy (non-hydrogen) atoms. The van der Waals surface area contributed by atoms with Crippen LogP contribution in [-0.4, -0.2) is 25.2 Å². The molecule has 0 aliphatic heterocycles. The number of carboxylic acids is 1. The van der Waals surface area contributed by atoms with Crippen molar-refractivity contribution in [2.24, 2.45) is 5.73 Å². The van der Waals surface area contributed by atoms with E-state index in [9.17, 15) is 14.7 Å². The summed E-state index contributed by atoms with van der Waals surface area (Å²) in [5.41, 5.74) is 7.72. The number of benzene rings is 1. The lowest BCUT2D eigenvalue weighted by atomic mass is 10.2.